The van der Waals surface area contributed by atoms with E-state index in [0.29, 0.717) is 0 Å². The second-order valence-corrected chi connectivity index (χ2v) is 12.5. The molecule has 2 atom stereocenters. The third-order valence-electron chi connectivity index (χ3n) is 10.3. The summed E-state index contributed by atoms with van der Waals surface area (Å²) in [7, 11) is 0. The van der Waals surface area contributed by atoms with E-state index in [1.807, 2.05) is 0 Å². The molecule has 0 fully saturated rings. The average Bonchev–Trinajstić information content (AvgIpc) is 3.51. The number of hydrogen-bond acceptors (Lipinski definition) is 1. The molecule has 0 saturated carbocycles. The van der Waals surface area contributed by atoms with E-state index in [0.717, 1.165) is 46.2 Å². The highest BCUT2D eigenvalue weighted by Crippen LogP contribution is 2.48. The molecule has 0 radical (unpaired) electrons. The van der Waals surface area contributed by atoms with E-state index in [1.54, 1.807) is 0 Å². The number of aromatic nitrogens is 2. The summed E-state index contributed by atoms with van der Waals surface area (Å²) in [6, 6.07) is 44.1. The lowest BCUT2D eigenvalue weighted by molar-refractivity contribution is -0.727. The van der Waals surface area contributed by atoms with Crippen molar-refractivity contribution in [2.24, 2.45) is 0 Å². The zero-order valence-corrected chi connectivity index (χ0v) is 24.8. The molecule has 0 aliphatic carbocycles. The molecule has 0 amide bonds. The van der Waals surface area contributed by atoms with Crippen LogP contribution in [0.15, 0.2) is 145 Å². The van der Waals surface area contributed by atoms with Crippen LogP contribution in [0.3, 0.4) is 0 Å². The van der Waals surface area contributed by atoms with Crippen molar-refractivity contribution in [2.45, 2.75) is 24.8 Å². The first-order valence-corrected chi connectivity index (χ1v) is 15.8. The minimum atomic E-state index is 0.0793. The highest BCUT2D eigenvalue weighted by molar-refractivity contribution is 6.31. The van der Waals surface area contributed by atoms with Crippen LogP contribution in [-0.2, 0) is 6.42 Å². The van der Waals surface area contributed by atoms with Gasteiger partial charge in [-0.25, -0.2) is 0 Å². The van der Waals surface area contributed by atoms with Gasteiger partial charge in [0.1, 0.15) is 11.2 Å². The Labute approximate surface area is 260 Å². The second kappa shape index (κ2) is 9.23. The molecule has 8 aromatic rings. The first kappa shape index (κ1) is 24.9. The normalized spacial score (nSPS) is 17.2. The Kier molecular flexibility index (Phi) is 5.10. The third kappa shape index (κ3) is 3.35. The Morgan fingerprint density at radius 1 is 0.600 bits per heavy atom. The van der Waals surface area contributed by atoms with Gasteiger partial charge in [-0.2, -0.15) is 9.13 Å². The Bertz CT molecular complexity index is 2540. The fraction of sp³-hybridized carbons (Fsp3) is 0.0952. The van der Waals surface area contributed by atoms with Crippen molar-refractivity contribution in [2.75, 3.05) is 0 Å². The van der Waals surface area contributed by atoms with Crippen LogP contribution in [0.25, 0.3) is 71.7 Å². The highest BCUT2D eigenvalue weighted by Gasteiger charge is 2.46. The van der Waals surface area contributed by atoms with Crippen LogP contribution in [0, 0.1) is 0 Å². The molecule has 212 valence electrons. The number of nitrogens with zero attached hydrogens (tertiary/aromatic N) is 2. The molecule has 3 nitrogen and oxygen atoms in total. The Morgan fingerprint density at radius 3 is 2.16 bits per heavy atom. The van der Waals surface area contributed by atoms with Gasteiger partial charge >= 0.3 is 0 Å². The van der Waals surface area contributed by atoms with Gasteiger partial charge in [-0.1, -0.05) is 78.9 Å². The van der Waals surface area contributed by atoms with E-state index in [4.69, 9.17) is 11.0 Å². The van der Waals surface area contributed by atoms with Gasteiger partial charge in [0, 0.05) is 46.0 Å². The number of fused-ring (bicyclic) bond motifs is 18. The van der Waals surface area contributed by atoms with Gasteiger partial charge in [-0.15, -0.1) is 0 Å². The van der Waals surface area contributed by atoms with Gasteiger partial charge in [-0.05, 0) is 64.9 Å². The molecule has 10 rings (SSSR count). The molecule has 2 unspecified atom stereocenters. The fourth-order valence-corrected chi connectivity index (χ4v) is 8.40. The minimum Gasteiger partial charge on any atom is -0.454 e. The van der Waals surface area contributed by atoms with Gasteiger partial charge in [-0.3, -0.25) is 0 Å². The van der Waals surface area contributed by atoms with E-state index >= 15 is 0 Å². The monoisotopic (exact) mass is 578 g/mol. The summed E-state index contributed by atoms with van der Waals surface area (Å²) >= 11 is 0. The van der Waals surface area contributed by atoms with Crippen LogP contribution < -0.4 is 9.13 Å². The van der Waals surface area contributed by atoms with Gasteiger partial charge in [0.25, 0.3) is 0 Å². The predicted octanol–water partition coefficient (Wildman–Crippen LogP) is 9.56. The molecule has 5 aromatic carbocycles. The molecule has 2 aliphatic heterocycles. The number of aryl methyl sites for hydroxylation is 1. The van der Waals surface area contributed by atoms with Crippen molar-refractivity contribution in [3.63, 3.8) is 0 Å². The summed E-state index contributed by atoms with van der Waals surface area (Å²) in [5.74, 6) is 0.277. The summed E-state index contributed by atoms with van der Waals surface area (Å²) in [6.07, 6.45) is 6.35. The number of rotatable bonds is 0. The van der Waals surface area contributed by atoms with E-state index in [1.165, 1.54) is 49.5 Å². The summed E-state index contributed by atoms with van der Waals surface area (Å²) in [6.45, 7) is 4.84. The maximum absolute atomic E-state index is 7.08. The van der Waals surface area contributed by atoms with Gasteiger partial charge in [0.2, 0.25) is 23.1 Å². The Hall–Kier alpha value is -5.54. The van der Waals surface area contributed by atoms with Crippen LogP contribution >= 0.6 is 0 Å². The molecule has 0 spiro atoms. The van der Waals surface area contributed by atoms with Crippen molar-refractivity contribution in [1.82, 2.24) is 0 Å². The van der Waals surface area contributed by atoms with E-state index < -0.39 is 0 Å². The van der Waals surface area contributed by atoms with Crippen molar-refractivity contribution < 1.29 is 13.6 Å². The second-order valence-electron chi connectivity index (χ2n) is 12.5. The summed E-state index contributed by atoms with van der Waals surface area (Å²) in [5, 5.41) is 7.22. The number of allylic oxidation sites excluding steroid dienone is 1. The molecular weight excluding hydrogens is 548 g/mol. The van der Waals surface area contributed by atoms with Gasteiger partial charge in [0.15, 0.2) is 12.4 Å². The molecule has 3 aromatic heterocycles. The first-order chi connectivity index (χ1) is 22.3. The highest BCUT2D eigenvalue weighted by atomic mass is 16.3. The lowest BCUT2D eigenvalue weighted by Crippen LogP contribution is -2.53. The standard InChI is InChI=1S/C42H30N2O/c1-26-40-33(30-14-2-5-15-31(30)36-18-8-11-25-44(36)40)22-20-27-21-23-35-39-32-16-6-3-12-28(32)29-13-4-7-17-34(29)41(39)45-42(35)38(27)37-19-9-10-24-43(26)37/h2-19,21,23-25,33,40H,1,20,22H2/q+2. The number of hydrogen-bond donors (Lipinski definition) is 0. The number of pyridine rings is 2. The van der Waals surface area contributed by atoms with Gasteiger partial charge in [0.05, 0.1) is 11.5 Å². The SMILES string of the molecule is C=C1C2C(CCc3ccc4c(oc5c6ccccc6c6ccccc6c45)c3-c3cccc[n+]31)c1ccccc1-c1cccc[n+]12. The summed E-state index contributed by atoms with van der Waals surface area (Å²) in [4.78, 5) is 0. The fourth-order valence-electron chi connectivity index (χ4n) is 8.40. The molecule has 2 aliphatic rings. The average molecular weight is 579 g/mol. The van der Waals surface area contributed by atoms with Crippen LogP contribution in [0.1, 0.15) is 29.5 Å². The zero-order chi connectivity index (χ0) is 29.6. The molecule has 5 heterocycles. The van der Waals surface area contributed by atoms with Crippen molar-refractivity contribution >= 4 is 49.2 Å². The molecule has 0 saturated heterocycles. The lowest BCUT2D eigenvalue weighted by Gasteiger charge is -2.29. The first-order valence-electron chi connectivity index (χ1n) is 15.8. The molecular formula is C42H30N2O+2. The van der Waals surface area contributed by atoms with E-state index in [2.05, 4.69) is 143 Å². The Balaban J connectivity index is 1.30. The predicted molar refractivity (Wildman–Crippen MR) is 182 cm³/mol. The van der Waals surface area contributed by atoms with Crippen LogP contribution in [0.5, 0.6) is 0 Å². The van der Waals surface area contributed by atoms with E-state index in [-0.39, 0.29) is 12.0 Å². The largest absolute Gasteiger partial charge is 0.454 e. The maximum Gasteiger partial charge on any atom is 0.249 e. The Morgan fingerprint density at radius 2 is 1.29 bits per heavy atom. The number of benzene rings is 5. The van der Waals surface area contributed by atoms with E-state index in [9.17, 15) is 0 Å². The smallest absolute Gasteiger partial charge is 0.249 e. The maximum atomic E-state index is 7.08. The molecule has 0 N–H and O–H groups in total. The quantitative estimate of drug-likeness (QED) is 0.130. The van der Waals surface area contributed by atoms with Crippen molar-refractivity contribution in [3.8, 4) is 22.5 Å². The van der Waals surface area contributed by atoms with Crippen LogP contribution in [0.2, 0.25) is 0 Å². The molecule has 45 heavy (non-hydrogen) atoms. The molecule has 3 heteroatoms. The van der Waals surface area contributed by atoms with Crippen LogP contribution in [0.4, 0.5) is 0 Å². The summed E-state index contributed by atoms with van der Waals surface area (Å²) in [5.41, 5.74) is 10.5. The zero-order valence-electron chi connectivity index (χ0n) is 24.8. The minimum absolute atomic E-state index is 0.0793. The van der Waals surface area contributed by atoms with Crippen molar-refractivity contribution in [3.05, 3.63) is 151 Å². The third-order valence-corrected chi connectivity index (χ3v) is 10.3. The summed E-state index contributed by atoms with van der Waals surface area (Å²) < 4.78 is 11.9. The van der Waals surface area contributed by atoms with Crippen LogP contribution in [-0.4, -0.2) is 0 Å². The topological polar surface area (TPSA) is 20.9 Å². The lowest BCUT2D eigenvalue weighted by atomic mass is 9.78. The molecule has 0 bridgehead atoms. The van der Waals surface area contributed by atoms with Gasteiger partial charge < -0.3 is 4.42 Å². The van der Waals surface area contributed by atoms with Crippen molar-refractivity contribution in [1.29, 1.82) is 0 Å². The number of furan rings is 1.